The van der Waals surface area contributed by atoms with E-state index >= 15 is 0 Å². The summed E-state index contributed by atoms with van der Waals surface area (Å²) in [5.41, 5.74) is 2.29. The van der Waals surface area contributed by atoms with Crippen LogP contribution in [0.1, 0.15) is 26.0 Å². The monoisotopic (exact) mass is 264 g/mol. The maximum absolute atomic E-state index is 4.68. The molecule has 0 amide bonds. The minimum absolute atomic E-state index is 0.884. The van der Waals surface area contributed by atoms with Gasteiger partial charge < -0.3 is 5.32 Å². The molecular weight excluding hydrogens is 244 g/mol. The van der Waals surface area contributed by atoms with Gasteiger partial charge in [0.1, 0.15) is 5.01 Å². The van der Waals surface area contributed by atoms with E-state index in [1.165, 1.54) is 12.1 Å². The summed E-state index contributed by atoms with van der Waals surface area (Å²) in [6, 6.07) is 2.03. The first-order valence-electron chi connectivity index (χ1n) is 6.52. The number of rotatable bonds is 7. The molecule has 0 spiro atoms. The second kappa shape index (κ2) is 6.66. The summed E-state index contributed by atoms with van der Waals surface area (Å²) in [7, 11) is 0. The zero-order chi connectivity index (χ0) is 12.8. The molecule has 0 fully saturated rings. The predicted octanol–water partition coefficient (Wildman–Crippen LogP) is 2.57. The van der Waals surface area contributed by atoms with Gasteiger partial charge in [-0.15, -0.1) is 11.3 Å². The van der Waals surface area contributed by atoms with Crippen LogP contribution >= 0.6 is 11.3 Å². The molecular formula is C13H20N4S. The van der Waals surface area contributed by atoms with E-state index in [0.29, 0.717) is 0 Å². The molecule has 0 atom stereocenters. The van der Waals surface area contributed by atoms with Gasteiger partial charge >= 0.3 is 0 Å². The van der Waals surface area contributed by atoms with Gasteiger partial charge in [0.05, 0.1) is 11.4 Å². The number of aromatic nitrogens is 3. The first-order valence-corrected chi connectivity index (χ1v) is 7.40. The quantitative estimate of drug-likeness (QED) is 0.782. The number of aryl methyl sites for hydroxylation is 1. The largest absolute Gasteiger partial charge is 0.316 e. The molecule has 0 bridgehead atoms. The van der Waals surface area contributed by atoms with Crippen LogP contribution in [0.15, 0.2) is 17.6 Å². The van der Waals surface area contributed by atoms with Gasteiger partial charge in [-0.25, -0.2) is 4.98 Å². The van der Waals surface area contributed by atoms with E-state index in [0.717, 1.165) is 36.8 Å². The van der Waals surface area contributed by atoms with Crippen molar-refractivity contribution in [1.82, 2.24) is 20.1 Å². The van der Waals surface area contributed by atoms with Gasteiger partial charge in [0.15, 0.2) is 0 Å². The predicted molar refractivity (Wildman–Crippen MR) is 75.9 cm³/mol. The summed E-state index contributed by atoms with van der Waals surface area (Å²) in [5, 5.41) is 10.9. The van der Waals surface area contributed by atoms with E-state index in [-0.39, 0.29) is 0 Å². The topological polar surface area (TPSA) is 42.7 Å². The number of nitrogens with one attached hydrogen (secondary N) is 1. The molecule has 4 nitrogen and oxygen atoms in total. The Hall–Kier alpha value is -1.20. The van der Waals surface area contributed by atoms with Crippen molar-refractivity contribution in [2.24, 2.45) is 0 Å². The van der Waals surface area contributed by atoms with Crippen LogP contribution < -0.4 is 5.32 Å². The Bertz CT molecular complexity index is 475. The highest BCUT2D eigenvalue weighted by atomic mass is 32.1. The maximum atomic E-state index is 4.68. The summed E-state index contributed by atoms with van der Waals surface area (Å²) in [4.78, 5) is 4.68. The van der Waals surface area contributed by atoms with Crippen molar-refractivity contribution in [3.8, 4) is 10.7 Å². The van der Waals surface area contributed by atoms with Gasteiger partial charge in [-0.2, -0.15) is 5.10 Å². The standard InChI is InChI=1S/C13H20N4S/c1-3-7-14-8-5-11-10-18-13(16-11)12-6-9-15-17(12)4-2/h6,9-10,14H,3-5,7-8H2,1-2H3. The summed E-state index contributed by atoms with van der Waals surface area (Å²) in [5.74, 6) is 0. The highest BCUT2D eigenvalue weighted by Gasteiger charge is 2.08. The normalized spacial score (nSPS) is 11.0. The van der Waals surface area contributed by atoms with Crippen LogP contribution in [-0.2, 0) is 13.0 Å². The first kappa shape index (κ1) is 13.2. The molecule has 0 aromatic carbocycles. The van der Waals surface area contributed by atoms with Crippen LogP contribution in [0.25, 0.3) is 10.7 Å². The molecule has 0 saturated carbocycles. The lowest BCUT2D eigenvalue weighted by atomic mass is 10.3. The molecule has 0 unspecified atom stereocenters. The van der Waals surface area contributed by atoms with Crippen LogP contribution in [0.3, 0.4) is 0 Å². The third-order valence-corrected chi connectivity index (χ3v) is 3.69. The maximum Gasteiger partial charge on any atom is 0.141 e. The fourth-order valence-electron chi connectivity index (χ4n) is 1.82. The summed E-state index contributed by atoms with van der Waals surface area (Å²) >= 11 is 1.70. The molecule has 2 heterocycles. The fourth-order valence-corrected chi connectivity index (χ4v) is 2.71. The van der Waals surface area contributed by atoms with Gasteiger partial charge in [0.2, 0.25) is 0 Å². The average Bonchev–Trinajstić information content (AvgIpc) is 3.02. The molecule has 18 heavy (non-hydrogen) atoms. The average molecular weight is 264 g/mol. The number of hydrogen-bond acceptors (Lipinski definition) is 4. The second-order valence-corrected chi connectivity index (χ2v) is 5.03. The highest BCUT2D eigenvalue weighted by Crippen LogP contribution is 2.23. The fraction of sp³-hybridized carbons (Fsp3) is 0.538. The molecule has 0 radical (unpaired) electrons. The van der Waals surface area contributed by atoms with Gasteiger partial charge in [-0.3, -0.25) is 4.68 Å². The Balaban J connectivity index is 1.97. The van der Waals surface area contributed by atoms with E-state index in [2.05, 4.69) is 34.6 Å². The lowest BCUT2D eigenvalue weighted by Crippen LogP contribution is -2.17. The molecule has 0 saturated heterocycles. The molecule has 0 aliphatic heterocycles. The molecule has 0 aliphatic carbocycles. The van der Waals surface area contributed by atoms with Gasteiger partial charge in [0.25, 0.3) is 0 Å². The van der Waals surface area contributed by atoms with E-state index in [1.54, 1.807) is 11.3 Å². The van der Waals surface area contributed by atoms with Crippen molar-refractivity contribution in [2.45, 2.75) is 33.2 Å². The van der Waals surface area contributed by atoms with Crippen molar-refractivity contribution in [2.75, 3.05) is 13.1 Å². The van der Waals surface area contributed by atoms with Crippen molar-refractivity contribution in [3.63, 3.8) is 0 Å². The zero-order valence-corrected chi connectivity index (χ0v) is 11.8. The molecule has 2 rings (SSSR count). The Morgan fingerprint density at radius 3 is 3.00 bits per heavy atom. The van der Waals surface area contributed by atoms with Crippen molar-refractivity contribution < 1.29 is 0 Å². The Labute approximate surface area is 112 Å². The molecule has 2 aromatic rings. The van der Waals surface area contributed by atoms with Gasteiger partial charge in [0, 0.05) is 31.1 Å². The summed E-state index contributed by atoms with van der Waals surface area (Å²) in [6.07, 6.45) is 4.01. The summed E-state index contributed by atoms with van der Waals surface area (Å²) < 4.78 is 1.98. The van der Waals surface area contributed by atoms with Crippen LogP contribution in [-0.4, -0.2) is 27.9 Å². The van der Waals surface area contributed by atoms with E-state index in [1.807, 2.05) is 16.9 Å². The minimum Gasteiger partial charge on any atom is -0.316 e. The smallest absolute Gasteiger partial charge is 0.141 e. The molecule has 2 aromatic heterocycles. The molecule has 0 aliphatic rings. The van der Waals surface area contributed by atoms with Crippen molar-refractivity contribution in [1.29, 1.82) is 0 Å². The second-order valence-electron chi connectivity index (χ2n) is 4.18. The first-order chi connectivity index (χ1) is 8.85. The third-order valence-electron chi connectivity index (χ3n) is 2.77. The van der Waals surface area contributed by atoms with Crippen LogP contribution in [0.5, 0.6) is 0 Å². The van der Waals surface area contributed by atoms with Crippen LogP contribution in [0.4, 0.5) is 0 Å². The van der Waals surface area contributed by atoms with Crippen LogP contribution in [0, 0.1) is 0 Å². The van der Waals surface area contributed by atoms with Gasteiger partial charge in [-0.1, -0.05) is 6.92 Å². The van der Waals surface area contributed by atoms with Crippen LogP contribution in [0.2, 0.25) is 0 Å². The molecule has 5 heteroatoms. The lowest BCUT2D eigenvalue weighted by Gasteiger charge is -2.01. The van der Waals surface area contributed by atoms with E-state index in [4.69, 9.17) is 0 Å². The number of nitrogens with zero attached hydrogens (tertiary/aromatic N) is 3. The van der Waals surface area contributed by atoms with Crippen molar-refractivity contribution >= 4 is 11.3 Å². The Kier molecular flexibility index (Phi) is 4.90. The number of thiazole rings is 1. The SMILES string of the molecule is CCCNCCc1csc(-c2ccnn2CC)n1. The van der Waals surface area contributed by atoms with E-state index in [9.17, 15) is 0 Å². The zero-order valence-electron chi connectivity index (χ0n) is 11.0. The Morgan fingerprint density at radius 2 is 2.22 bits per heavy atom. The third kappa shape index (κ3) is 3.17. The highest BCUT2D eigenvalue weighted by molar-refractivity contribution is 7.13. The molecule has 1 N–H and O–H groups in total. The minimum atomic E-state index is 0.884. The molecule has 98 valence electrons. The van der Waals surface area contributed by atoms with Gasteiger partial charge in [-0.05, 0) is 26.0 Å². The number of hydrogen-bond donors (Lipinski definition) is 1. The van der Waals surface area contributed by atoms with Crippen molar-refractivity contribution in [3.05, 3.63) is 23.3 Å². The van der Waals surface area contributed by atoms with E-state index < -0.39 is 0 Å². The lowest BCUT2D eigenvalue weighted by molar-refractivity contribution is 0.662. The Morgan fingerprint density at radius 1 is 1.33 bits per heavy atom. The summed E-state index contributed by atoms with van der Waals surface area (Å²) in [6.45, 7) is 7.25.